The van der Waals surface area contributed by atoms with Crippen LogP contribution in [0.1, 0.15) is 0 Å². The molecule has 4 heteroatoms. The lowest BCUT2D eigenvalue weighted by atomic mass is 10.1. The molecule has 0 spiro atoms. The van der Waals surface area contributed by atoms with Gasteiger partial charge in [0, 0.05) is 23.2 Å². The fourth-order valence-corrected chi connectivity index (χ4v) is 2.20. The summed E-state index contributed by atoms with van der Waals surface area (Å²) in [5.41, 5.74) is 2.75. The molecule has 0 saturated heterocycles. The second-order valence-electron chi connectivity index (χ2n) is 4.95. The fourth-order valence-electron chi connectivity index (χ4n) is 2.20. The van der Waals surface area contributed by atoms with Gasteiger partial charge >= 0.3 is 0 Å². The van der Waals surface area contributed by atoms with E-state index in [0.717, 1.165) is 28.0 Å². The number of rotatable bonds is 5. The van der Waals surface area contributed by atoms with Gasteiger partial charge in [-0.25, -0.2) is 0 Å². The maximum atomic E-state index is 9.35. The first-order valence-corrected chi connectivity index (χ1v) is 6.88. The van der Waals surface area contributed by atoms with Gasteiger partial charge in [-0.3, -0.25) is 0 Å². The Morgan fingerprint density at radius 3 is 2.62 bits per heavy atom. The van der Waals surface area contributed by atoms with Gasteiger partial charge in [-0.1, -0.05) is 30.3 Å². The Hall–Kier alpha value is -2.30. The molecule has 3 aromatic rings. The van der Waals surface area contributed by atoms with Gasteiger partial charge in [-0.2, -0.15) is 0 Å². The number of anilines is 1. The van der Waals surface area contributed by atoms with E-state index in [1.54, 1.807) is 0 Å². The number of hydrogen-bond donors (Lipinski definition) is 3. The lowest BCUT2D eigenvalue weighted by molar-refractivity contribution is 0.105. The van der Waals surface area contributed by atoms with Crippen LogP contribution in [0.2, 0.25) is 0 Å². The van der Waals surface area contributed by atoms with E-state index in [1.165, 1.54) is 0 Å². The summed E-state index contributed by atoms with van der Waals surface area (Å²) in [5.74, 6) is 0.832. The minimum absolute atomic E-state index is 0.251. The molecule has 21 heavy (non-hydrogen) atoms. The highest BCUT2D eigenvalue weighted by Crippen LogP contribution is 2.29. The summed E-state index contributed by atoms with van der Waals surface area (Å²) in [4.78, 5) is 0. The van der Waals surface area contributed by atoms with Crippen LogP contribution in [0.25, 0.3) is 22.3 Å². The highest BCUT2D eigenvalue weighted by atomic mass is 16.3. The topological polar surface area (TPSA) is 65.6 Å². The molecule has 3 rings (SSSR count). The van der Waals surface area contributed by atoms with E-state index < -0.39 is 6.10 Å². The predicted octanol–water partition coefficient (Wildman–Crippen LogP) is 2.86. The number of fused-ring (bicyclic) bond motifs is 1. The molecule has 0 amide bonds. The Kier molecular flexibility index (Phi) is 3.90. The molecule has 0 bridgehead atoms. The molecular weight excluding hydrogens is 266 g/mol. The summed E-state index contributed by atoms with van der Waals surface area (Å²) in [5, 5.41) is 22.2. The molecule has 0 aliphatic carbocycles. The van der Waals surface area contributed by atoms with Crippen molar-refractivity contribution in [1.29, 1.82) is 0 Å². The third-order valence-electron chi connectivity index (χ3n) is 3.33. The summed E-state index contributed by atoms with van der Waals surface area (Å²) in [6, 6.07) is 17.7. The zero-order valence-corrected chi connectivity index (χ0v) is 11.5. The lowest BCUT2D eigenvalue weighted by Gasteiger charge is -2.09. The van der Waals surface area contributed by atoms with Crippen LogP contribution in [0.4, 0.5) is 5.69 Å². The van der Waals surface area contributed by atoms with Gasteiger partial charge in [0.05, 0.1) is 12.7 Å². The average Bonchev–Trinajstić information content (AvgIpc) is 2.96. The molecule has 4 nitrogen and oxygen atoms in total. The average molecular weight is 283 g/mol. The monoisotopic (exact) mass is 283 g/mol. The maximum Gasteiger partial charge on any atom is 0.135 e. The molecule has 1 atom stereocenters. The SMILES string of the molecule is OCC(O)CNc1ccc2oc(-c3ccccc3)cc2c1. The fraction of sp³-hybridized carbons (Fsp3) is 0.176. The molecule has 1 heterocycles. The van der Waals surface area contributed by atoms with Crippen LogP contribution in [0.15, 0.2) is 59.0 Å². The van der Waals surface area contributed by atoms with Crippen LogP contribution < -0.4 is 5.32 Å². The van der Waals surface area contributed by atoms with E-state index in [4.69, 9.17) is 9.52 Å². The third-order valence-corrected chi connectivity index (χ3v) is 3.33. The second kappa shape index (κ2) is 5.99. The van der Waals surface area contributed by atoms with Crippen molar-refractivity contribution in [2.45, 2.75) is 6.10 Å². The van der Waals surface area contributed by atoms with Gasteiger partial charge in [0.25, 0.3) is 0 Å². The van der Waals surface area contributed by atoms with Gasteiger partial charge in [0.2, 0.25) is 0 Å². The molecule has 0 saturated carbocycles. The van der Waals surface area contributed by atoms with Gasteiger partial charge in [-0.05, 0) is 24.3 Å². The smallest absolute Gasteiger partial charge is 0.135 e. The zero-order valence-electron chi connectivity index (χ0n) is 11.5. The molecule has 1 aromatic heterocycles. The number of hydrogen-bond acceptors (Lipinski definition) is 4. The summed E-state index contributed by atoms with van der Waals surface area (Å²) in [6.07, 6.45) is -0.759. The first-order chi connectivity index (χ1) is 10.3. The van der Waals surface area contributed by atoms with Crippen LogP contribution in [-0.4, -0.2) is 29.5 Å². The van der Waals surface area contributed by atoms with Crippen LogP contribution in [0, 0.1) is 0 Å². The van der Waals surface area contributed by atoms with Crippen molar-refractivity contribution in [2.75, 3.05) is 18.5 Å². The number of furan rings is 1. The Bertz CT molecular complexity index is 721. The standard InChI is InChI=1S/C17H17NO3/c19-11-15(20)10-18-14-6-7-16-13(8-14)9-17(21-16)12-4-2-1-3-5-12/h1-9,15,18-20H,10-11H2. The van der Waals surface area contributed by atoms with Crippen LogP contribution in [0.5, 0.6) is 0 Å². The van der Waals surface area contributed by atoms with Crippen molar-refractivity contribution < 1.29 is 14.6 Å². The van der Waals surface area contributed by atoms with Crippen LogP contribution in [0.3, 0.4) is 0 Å². The van der Waals surface area contributed by atoms with Crippen LogP contribution >= 0.6 is 0 Å². The third kappa shape index (κ3) is 3.07. The molecule has 108 valence electrons. The minimum atomic E-state index is -0.759. The molecule has 0 aliphatic rings. The van der Waals surface area contributed by atoms with E-state index in [9.17, 15) is 5.11 Å². The van der Waals surface area contributed by atoms with Crippen molar-refractivity contribution in [3.63, 3.8) is 0 Å². The van der Waals surface area contributed by atoms with Gasteiger partial charge in [0.15, 0.2) is 0 Å². The molecule has 1 unspecified atom stereocenters. The largest absolute Gasteiger partial charge is 0.456 e. The van der Waals surface area contributed by atoms with Crippen molar-refractivity contribution in [3.8, 4) is 11.3 Å². The first kappa shape index (κ1) is 13.7. The summed E-state index contributed by atoms with van der Waals surface area (Å²) in [7, 11) is 0. The van der Waals surface area contributed by atoms with Crippen molar-refractivity contribution in [1.82, 2.24) is 0 Å². The van der Waals surface area contributed by atoms with E-state index in [1.807, 2.05) is 54.6 Å². The minimum Gasteiger partial charge on any atom is -0.456 e. The molecular formula is C17H17NO3. The molecule has 3 N–H and O–H groups in total. The molecule has 0 aliphatic heterocycles. The zero-order chi connectivity index (χ0) is 14.7. The summed E-state index contributed by atoms with van der Waals surface area (Å²) < 4.78 is 5.84. The number of nitrogens with one attached hydrogen (secondary N) is 1. The van der Waals surface area contributed by atoms with Gasteiger partial charge < -0.3 is 19.9 Å². The number of aliphatic hydroxyl groups excluding tert-OH is 2. The quantitative estimate of drug-likeness (QED) is 0.673. The summed E-state index contributed by atoms with van der Waals surface area (Å²) in [6.45, 7) is 0.0600. The number of aliphatic hydroxyl groups is 2. The van der Waals surface area contributed by atoms with E-state index >= 15 is 0 Å². The van der Waals surface area contributed by atoms with E-state index in [0.29, 0.717) is 6.54 Å². The van der Waals surface area contributed by atoms with Crippen molar-refractivity contribution in [2.24, 2.45) is 0 Å². The normalized spacial score (nSPS) is 12.5. The molecule has 0 radical (unpaired) electrons. The lowest BCUT2D eigenvalue weighted by Crippen LogP contribution is -2.22. The summed E-state index contributed by atoms with van der Waals surface area (Å²) >= 11 is 0. The van der Waals surface area contributed by atoms with E-state index in [2.05, 4.69) is 5.32 Å². The van der Waals surface area contributed by atoms with Crippen molar-refractivity contribution >= 4 is 16.7 Å². The Balaban J connectivity index is 1.85. The Morgan fingerprint density at radius 1 is 1.05 bits per heavy atom. The van der Waals surface area contributed by atoms with Gasteiger partial charge in [0.1, 0.15) is 11.3 Å². The predicted molar refractivity (Wildman–Crippen MR) is 83.2 cm³/mol. The van der Waals surface area contributed by atoms with Crippen LogP contribution in [-0.2, 0) is 0 Å². The molecule has 2 aromatic carbocycles. The van der Waals surface area contributed by atoms with Gasteiger partial charge in [-0.15, -0.1) is 0 Å². The maximum absolute atomic E-state index is 9.35. The Morgan fingerprint density at radius 2 is 1.86 bits per heavy atom. The van der Waals surface area contributed by atoms with E-state index in [-0.39, 0.29) is 6.61 Å². The Labute approximate surface area is 122 Å². The molecule has 0 fully saturated rings. The second-order valence-corrected chi connectivity index (χ2v) is 4.95. The number of benzene rings is 2. The highest BCUT2D eigenvalue weighted by Gasteiger charge is 2.07. The highest BCUT2D eigenvalue weighted by molar-refractivity contribution is 5.85. The van der Waals surface area contributed by atoms with Crippen molar-refractivity contribution in [3.05, 3.63) is 54.6 Å². The first-order valence-electron chi connectivity index (χ1n) is 6.88.